The van der Waals surface area contributed by atoms with E-state index in [-0.39, 0.29) is 30.8 Å². The van der Waals surface area contributed by atoms with Crippen molar-refractivity contribution in [2.75, 3.05) is 26.8 Å². The van der Waals surface area contributed by atoms with E-state index in [4.69, 9.17) is 4.74 Å². The molecule has 1 amide bonds. The maximum atomic E-state index is 12.7. The molecule has 0 fully saturated rings. The van der Waals surface area contributed by atoms with Crippen molar-refractivity contribution in [2.24, 2.45) is 5.92 Å². The number of rotatable bonds is 8. The molecule has 9 nitrogen and oxygen atoms in total. The van der Waals surface area contributed by atoms with Crippen molar-refractivity contribution >= 4 is 23.5 Å². The summed E-state index contributed by atoms with van der Waals surface area (Å²) < 4.78 is 9.49. The number of hydrogen-bond acceptors (Lipinski definition) is 7. The minimum Gasteiger partial charge on any atom is -0.469 e. The molecule has 0 saturated carbocycles. The molecule has 0 aliphatic rings. The molecule has 0 aliphatic carbocycles. The van der Waals surface area contributed by atoms with Crippen LogP contribution in [0.4, 0.5) is 5.69 Å². The van der Waals surface area contributed by atoms with Gasteiger partial charge in [-0.3, -0.25) is 19.7 Å². The average Bonchev–Trinajstić information content (AvgIpc) is 2.64. The van der Waals surface area contributed by atoms with Crippen LogP contribution < -0.4 is 0 Å². The van der Waals surface area contributed by atoms with Crippen molar-refractivity contribution in [3.8, 4) is 0 Å². The van der Waals surface area contributed by atoms with Crippen molar-refractivity contribution in [3.05, 3.63) is 39.4 Å². The third kappa shape index (κ3) is 5.27. The summed E-state index contributed by atoms with van der Waals surface area (Å²) in [4.78, 5) is 48.0. The van der Waals surface area contributed by atoms with E-state index < -0.39 is 34.4 Å². The number of benzene rings is 1. The fourth-order valence-electron chi connectivity index (χ4n) is 2.32. The lowest BCUT2D eigenvalue weighted by Gasteiger charge is -2.23. The number of carbonyl (C=O) groups excluding carboxylic acids is 3. The maximum absolute atomic E-state index is 12.7. The second-order valence-electron chi connectivity index (χ2n) is 5.51. The van der Waals surface area contributed by atoms with Gasteiger partial charge in [-0.05, 0) is 19.9 Å². The van der Waals surface area contributed by atoms with Crippen molar-refractivity contribution < 1.29 is 28.8 Å². The Morgan fingerprint density at radius 2 is 1.81 bits per heavy atom. The van der Waals surface area contributed by atoms with E-state index in [1.165, 1.54) is 18.1 Å². The molecule has 0 aliphatic heterocycles. The number of methoxy groups -OCH3 is 1. The lowest BCUT2D eigenvalue weighted by Crippen LogP contribution is -2.37. The monoisotopic (exact) mass is 366 g/mol. The highest BCUT2D eigenvalue weighted by Gasteiger charge is 2.24. The van der Waals surface area contributed by atoms with Gasteiger partial charge in [-0.2, -0.15) is 0 Å². The largest absolute Gasteiger partial charge is 0.469 e. The summed E-state index contributed by atoms with van der Waals surface area (Å²) in [6.45, 7) is 5.39. The number of non-ortho nitro benzene ring substituents is 1. The Hall–Kier alpha value is -2.97. The van der Waals surface area contributed by atoms with E-state index in [0.717, 1.165) is 12.1 Å². The number of hydrogen-bond donors (Lipinski definition) is 0. The maximum Gasteiger partial charge on any atom is 0.338 e. The summed E-state index contributed by atoms with van der Waals surface area (Å²) in [6, 6.07) is 3.40. The molecule has 1 aromatic rings. The van der Waals surface area contributed by atoms with Gasteiger partial charge in [-0.15, -0.1) is 0 Å². The number of carbonyl (C=O) groups is 3. The van der Waals surface area contributed by atoms with Crippen LogP contribution in [0.5, 0.6) is 0 Å². The fourth-order valence-corrected chi connectivity index (χ4v) is 2.32. The first kappa shape index (κ1) is 21.1. The van der Waals surface area contributed by atoms with E-state index in [1.54, 1.807) is 20.8 Å². The van der Waals surface area contributed by atoms with E-state index in [2.05, 4.69) is 4.74 Å². The first-order valence-electron chi connectivity index (χ1n) is 8.08. The Morgan fingerprint density at radius 1 is 1.19 bits per heavy atom. The molecule has 0 spiro atoms. The highest BCUT2D eigenvalue weighted by Crippen LogP contribution is 2.20. The highest BCUT2D eigenvalue weighted by atomic mass is 16.6. The van der Waals surface area contributed by atoms with Gasteiger partial charge in [0.25, 0.3) is 11.6 Å². The molecule has 0 N–H and O–H groups in total. The number of amides is 1. The first-order chi connectivity index (χ1) is 12.2. The topological polar surface area (TPSA) is 116 Å². The van der Waals surface area contributed by atoms with Crippen molar-refractivity contribution in [1.82, 2.24) is 4.90 Å². The minimum atomic E-state index is -0.753. The van der Waals surface area contributed by atoms with Crippen molar-refractivity contribution in [3.63, 3.8) is 0 Å². The van der Waals surface area contributed by atoms with Crippen LogP contribution >= 0.6 is 0 Å². The SMILES string of the molecule is CCOC(=O)c1cc(C(=O)N(CC)CC(C)C(=O)OC)cc([N+](=O)[O-])c1. The van der Waals surface area contributed by atoms with Crippen LogP contribution in [-0.4, -0.2) is 54.5 Å². The number of esters is 2. The molecule has 0 heterocycles. The van der Waals surface area contributed by atoms with Gasteiger partial charge in [-0.25, -0.2) is 4.79 Å². The van der Waals surface area contributed by atoms with Crippen LogP contribution in [0.25, 0.3) is 0 Å². The third-order valence-electron chi connectivity index (χ3n) is 3.65. The number of nitrogens with zero attached hydrogens (tertiary/aromatic N) is 2. The van der Waals surface area contributed by atoms with Crippen LogP contribution in [0, 0.1) is 16.0 Å². The van der Waals surface area contributed by atoms with Crippen LogP contribution in [-0.2, 0) is 14.3 Å². The van der Waals surface area contributed by atoms with Gasteiger partial charge in [0.2, 0.25) is 0 Å². The van der Waals surface area contributed by atoms with E-state index in [0.29, 0.717) is 0 Å². The molecule has 26 heavy (non-hydrogen) atoms. The summed E-state index contributed by atoms with van der Waals surface area (Å²) in [6.07, 6.45) is 0. The van der Waals surface area contributed by atoms with Gasteiger partial charge in [0.1, 0.15) is 0 Å². The summed E-state index contributed by atoms with van der Waals surface area (Å²) in [5, 5.41) is 11.1. The predicted octanol–water partition coefficient (Wildman–Crippen LogP) is 2.04. The van der Waals surface area contributed by atoms with E-state index >= 15 is 0 Å². The van der Waals surface area contributed by atoms with E-state index in [9.17, 15) is 24.5 Å². The van der Waals surface area contributed by atoms with Crippen LogP contribution in [0.1, 0.15) is 41.5 Å². The second kappa shape index (κ2) is 9.50. The number of nitro groups is 1. The van der Waals surface area contributed by atoms with Crippen molar-refractivity contribution in [2.45, 2.75) is 20.8 Å². The predicted molar refractivity (Wildman–Crippen MR) is 91.8 cm³/mol. The molecule has 9 heteroatoms. The van der Waals surface area contributed by atoms with Gasteiger partial charge >= 0.3 is 11.9 Å². The molecular weight excluding hydrogens is 344 g/mol. The Bertz CT molecular complexity index is 702. The molecule has 1 unspecified atom stereocenters. The quantitative estimate of drug-likeness (QED) is 0.393. The standard InChI is InChI=1S/C17H22N2O7/c1-5-18(10-11(3)16(21)25-4)15(20)12-7-13(17(22)26-6-2)9-14(8-12)19(23)24/h7-9,11H,5-6,10H2,1-4H3. The Balaban J connectivity index is 3.21. The van der Waals surface area contributed by atoms with Gasteiger partial charge in [0.15, 0.2) is 0 Å². The summed E-state index contributed by atoms with van der Waals surface area (Å²) in [5.41, 5.74) is -0.501. The Labute approximate surface area is 151 Å². The molecular formula is C17H22N2O7. The lowest BCUT2D eigenvalue weighted by molar-refractivity contribution is -0.384. The van der Waals surface area contributed by atoms with Crippen LogP contribution in [0.3, 0.4) is 0 Å². The number of nitro benzene ring substituents is 1. The smallest absolute Gasteiger partial charge is 0.338 e. The zero-order valence-electron chi connectivity index (χ0n) is 15.2. The molecule has 1 rings (SSSR count). The Morgan fingerprint density at radius 3 is 2.31 bits per heavy atom. The first-order valence-corrected chi connectivity index (χ1v) is 8.08. The number of ether oxygens (including phenoxy) is 2. The van der Waals surface area contributed by atoms with Gasteiger partial charge in [0, 0.05) is 30.8 Å². The normalized spacial score (nSPS) is 11.4. The third-order valence-corrected chi connectivity index (χ3v) is 3.65. The lowest BCUT2D eigenvalue weighted by atomic mass is 10.1. The fraction of sp³-hybridized carbons (Fsp3) is 0.471. The molecule has 0 radical (unpaired) electrons. The molecule has 0 aromatic heterocycles. The second-order valence-corrected chi connectivity index (χ2v) is 5.51. The molecule has 0 saturated heterocycles. The summed E-state index contributed by atoms with van der Waals surface area (Å²) in [7, 11) is 1.25. The van der Waals surface area contributed by atoms with Crippen LogP contribution in [0.2, 0.25) is 0 Å². The van der Waals surface area contributed by atoms with Crippen molar-refractivity contribution in [1.29, 1.82) is 0 Å². The van der Waals surface area contributed by atoms with E-state index in [1.807, 2.05) is 0 Å². The highest BCUT2D eigenvalue weighted by molar-refractivity contribution is 5.99. The zero-order chi connectivity index (χ0) is 19.9. The zero-order valence-corrected chi connectivity index (χ0v) is 15.2. The Kier molecular flexibility index (Phi) is 7.70. The molecule has 1 aromatic carbocycles. The van der Waals surface area contributed by atoms with Gasteiger partial charge in [-0.1, -0.05) is 6.92 Å². The molecule has 142 valence electrons. The summed E-state index contributed by atoms with van der Waals surface area (Å²) >= 11 is 0. The van der Waals surface area contributed by atoms with Gasteiger partial charge in [0.05, 0.1) is 30.1 Å². The van der Waals surface area contributed by atoms with Crippen LogP contribution in [0.15, 0.2) is 18.2 Å². The average molecular weight is 366 g/mol. The molecule has 0 bridgehead atoms. The summed E-state index contributed by atoms with van der Waals surface area (Å²) in [5.74, 6) is -2.32. The van der Waals surface area contributed by atoms with Gasteiger partial charge < -0.3 is 14.4 Å². The molecule has 1 atom stereocenters. The minimum absolute atomic E-state index is 0.0267.